The zero-order valence-corrected chi connectivity index (χ0v) is 38.7. The molecule has 2 saturated heterocycles. The van der Waals surface area contributed by atoms with Crippen LogP contribution in [0.25, 0.3) is 21.6 Å². The highest BCUT2D eigenvalue weighted by atomic mass is 32.2. The normalized spacial score (nSPS) is 26.9. The summed E-state index contributed by atoms with van der Waals surface area (Å²) >= 11 is 1.58. The predicted octanol–water partition coefficient (Wildman–Crippen LogP) is 6.27. The summed E-state index contributed by atoms with van der Waals surface area (Å²) in [5, 5.41) is 8.69. The van der Waals surface area contributed by atoms with Gasteiger partial charge in [0.05, 0.1) is 22.5 Å². The molecule has 0 spiro atoms. The number of imidazole rings is 1. The van der Waals surface area contributed by atoms with E-state index in [1.807, 2.05) is 48.8 Å². The van der Waals surface area contributed by atoms with Gasteiger partial charge in [-0.25, -0.2) is 18.2 Å². The summed E-state index contributed by atoms with van der Waals surface area (Å²) in [4.78, 5) is 68.2. The molecule has 4 fully saturated rings. The Balaban J connectivity index is 1.11. The predicted molar refractivity (Wildman–Crippen MR) is 238 cm³/mol. The maximum Gasteiger partial charge on any atom is 0.408 e. The number of ether oxygens (including phenoxy) is 3. The summed E-state index contributed by atoms with van der Waals surface area (Å²) in [5.41, 5.74) is 1.14. The van der Waals surface area contributed by atoms with Gasteiger partial charge in [0.25, 0.3) is 11.9 Å². The van der Waals surface area contributed by atoms with Gasteiger partial charge < -0.3 is 29.7 Å². The monoisotopic (exact) mass is 907 g/mol. The quantitative estimate of drug-likeness (QED) is 0.205. The molecular weight excluding hydrogens is 847 g/mol. The van der Waals surface area contributed by atoms with Gasteiger partial charge in [0.15, 0.2) is 0 Å². The van der Waals surface area contributed by atoms with Crippen molar-refractivity contribution in [3.05, 3.63) is 41.4 Å². The van der Waals surface area contributed by atoms with Crippen LogP contribution in [0, 0.1) is 5.92 Å². The number of sulfonamides is 1. The van der Waals surface area contributed by atoms with Gasteiger partial charge >= 0.3 is 6.09 Å². The van der Waals surface area contributed by atoms with E-state index in [1.54, 1.807) is 39.0 Å². The lowest BCUT2D eigenvalue weighted by Crippen LogP contribution is -2.58. The summed E-state index contributed by atoms with van der Waals surface area (Å²) in [6.07, 6.45) is 8.50. The van der Waals surface area contributed by atoms with E-state index in [-0.39, 0.29) is 25.4 Å². The van der Waals surface area contributed by atoms with Crippen molar-refractivity contribution in [2.45, 2.75) is 158 Å². The maximum atomic E-state index is 14.8. The average Bonchev–Trinajstić information content (AvgIpc) is 3.89. The number of fused-ring (bicyclic) bond motifs is 3. The first-order valence-electron chi connectivity index (χ1n) is 22.4. The fourth-order valence-electron chi connectivity index (χ4n) is 8.99. The molecule has 4 amide bonds. The first kappa shape index (κ1) is 45.0. The van der Waals surface area contributed by atoms with Crippen molar-refractivity contribution in [3.8, 4) is 16.6 Å². The number of benzene rings is 1. The van der Waals surface area contributed by atoms with E-state index in [4.69, 9.17) is 24.2 Å². The van der Waals surface area contributed by atoms with Gasteiger partial charge in [-0.1, -0.05) is 31.1 Å². The van der Waals surface area contributed by atoms with Crippen LogP contribution >= 0.6 is 11.3 Å². The van der Waals surface area contributed by atoms with Crippen molar-refractivity contribution in [2.75, 3.05) is 19.8 Å². The molecule has 3 N–H and O–H groups in total. The number of para-hydroxylation sites is 1. The molecule has 3 aromatic rings. The SMILES string of the molecule is CC(C)n1c(OC2CC3C(=O)NC4(C(=O)NS(=O)(=O)C5(C)CC5)CC4C=CCCCCCC(NC(=O)OC(C)(C)C)C(=O)N3C2)nc2c(-c3nc(C4CCOCC4)cs3)cccc21. The number of hydrogen-bond acceptors (Lipinski definition) is 12. The molecule has 2 aliphatic carbocycles. The van der Waals surface area contributed by atoms with Crippen molar-refractivity contribution in [1.82, 2.24) is 34.8 Å². The first-order valence-corrected chi connectivity index (χ1v) is 24.8. The van der Waals surface area contributed by atoms with E-state index >= 15 is 0 Å². The van der Waals surface area contributed by atoms with Gasteiger partial charge in [0.2, 0.25) is 21.8 Å². The fraction of sp³-hybridized carbons (Fsp3) is 0.644. The zero-order chi connectivity index (χ0) is 44.9. The topological polar surface area (TPSA) is 200 Å². The molecule has 5 heterocycles. The standard InChI is InChI=1S/C45H61N7O9S2/c1-27(2)52-34-16-12-14-31(38-46-33(26-62-38)28-17-21-59-22-18-28)36(34)48-41(52)60-30-23-35-37(53)49-45(40(55)50-63(57,58)44(6)19-20-44)24-29(45)13-10-8-7-9-11-15-32(39(54)51(35)25-30)47-42(56)61-43(3,4)5/h10,12-14,16,26-30,32,35H,7-9,11,15,17-25H2,1-6H3,(H,47,56)(H,49,53)(H,50,55). The minimum absolute atomic E-state index is 0.0201. The lowest BCUT2D eigenvalue weighted by Gasteiger charge is -2.30. The van der Waals surface area contributed by atoms with Gasteiger partial charge in [-0.15, -0.1) is 11.3 Å². The molecule has 0 radical (unpaired) electrons. The van der Waals surface area contributed by atoms with Crippen LogP contribution in [0.2, 0.25) is 0 Å². The fourth-order valence-corrected chi connectivity index (χ4v) is 11.2. The Morgan fingerprint density at radius 3 is 2.54 bits per heavy atom. The summed E-state index contributed by atoms with van der Waals surface area (Å²) in [5.74, 6) is -2.00. The van der Waals surface area contributed by atoms with Crippen LogP contribution in [0.1, 0.15) is 130 Å². The lowest BCUT2D eigenvalue weighted by atomic mass is 9.97. The van der Waals surface area contributed by atoms with Crippen LogP contribution in [0.15, 0.2) is 35.7 Å². The number of aromatic nitrogens is 3. The van der Waals surface area contributed by atoms with Crippen LogP contribution < -0.4 is 20.1 Å². The smallest absolute Gasteiger partial charge is 0.408 e. The number of thiazole rings is 1. The van der Waals surface area contributed by atoms with Gasteiger partial charge in [-0.05, 0) is 105 Å². The van der Waals surface area contributed by atoms with Crippen molar-refractivity contribution < 1.29 is 41.8 Å². The third-order valence-electron chi connectivity index (χ3n) is 13.0. The summed E-state index contributed by atoms with van der Waals surface area (Å²) < 4.78 is 47.7. The Hall–Kier alpha value is -4.55. The van der Waals surface area contributed by atoms with E-state index in [2.05, 4.69) is 20.7 Å². The van der Waals surface area contributed by atoms with Crippen LogP contribution in [-0.4, -0.2) is 106 Å². The number of rotatable bonds is 9. The molecule has 1 aromatic carbocycles. The number of nitrogens with one attached hydrogen (secondary N) is 3. The summed E-state index contributed by atoms with van der Waals surface area (Å²) in [6, 6.07) is 4.06. The maximum absolute atomic E-state index is 14.8. The van der Waals surface area contributed by atoms with Gasteiger partial charge in [0, 0.05) is 48.5 Å². The molecule has 0 bridgehead atoms. The van der Waals surface area contributed by atoms with Crippen molar-refractivity contribution in [3.63, 3.8) is 0 Å². The molecule has 342 valence electrons. The van der Waals surface area contributed by atoms with Gasteiger partial charge in [0.1, 0.15) is 39.9 Å². The second kappa shape index (κ2) is 17.4. The molecule has 5 atom stereocenters. The number of carbonyl (C=O) groups is 4. The highest BCUT2D eigenvalue weighted by molar-refractivity contribution is 7.91. The Morgan fingerprint density at radius 1 is 1.06 bits per heavy atom. The van der Waals surface area contributed by atoms with Crippen LogP contribution in [0.5, 0.6) is 6.01 Å². The minimum atomic E-state index is -4.01. The number of nitrogens with zero attached hydrogens (tertiary/aromatic N) is 4. The second-order valence-electron chi connectivity index (χ2n) is 19.4. The van der Waals surface area contributed by atoms with Gasteiger partial charge in [-0.3, -0.25) is 23.7 Å². The second-order valence-corrected chi connectivity index (χ2v) is 22.5. The molecule has 18 heteroatoms. The van der Waals surface area contributed by atoms with E-state index in [1.165, 1.54) is 4.90 Å². The zero-order valence-electron chi connectivity index (χ0n) is 37.1. The summed E-state index contributed by atoms with van der Waals surface area (Å²) in [7, 11) is -4.01. The van der Waals surface area contributed by atoms with E-state index in [0.29, 0.717) is 49.5 Å². The molecule has 5 unspecified atom stereocenters. The number of amides is 4. The Bertz CT molecular complexity index is 2380. The van der Waals surface area contributed by atoms with E-state index in [0.717, 1.165) is 60.7 Å². The molecular formula is C45H61N7O9S2. The first-order chi connectivity index (χ1) is 29.9. The van der Waals surface area contributed by atoms with E-state index < -0.39 is 73.8 Å². The molecule has 8 rings (SSSR count). The molecule has 5 aliphatic rings. The third-order valence-corrected chi connectivity index (χ3v) is 16.1. The van der Waals surface area contributed by atoms with Crippen LogP contribution in [0.4, 0.5) is 4.79 Å². The van der Waals surface area contributed by atoms with Crippen molar-refractivity contribution in [2.24, 2.45) is 5.92 Å². The van der Waals surface area contributed by atoms with Crippen LogP contribution in [-0.2, 0) is 33.9 Å². The van der Waals surface area contributed by atoms with Gasteiger partial charge in [-0.2, -0.15) is 4.98 Å². The molecule has 2 saturated carbocycles. The van der Waals surface area contributed by atoms with Crippen LogP contribution in [0.3, 0.4) is 0 Å². The number of carbonyl (C=O) groups excluding carboxylic acids is 4. The summed E-state index contributed by atoms with van der Waals surface area (Å²) in [6.45, 7) is 12.3. The Kier molecular flexibility index (Phi) is 12.5. The number of allylic oxidation sites excluding steroid dienone is 1. The molecule has 2 aromatic heterocycles. The Morgan fingerprint density at radius 2 is 1.83 bits per heavy atom. The lowest BCUT2D eigenvalue weighted by molar-refractivity contribution is -0.141. The minimum Gasteiger partial charge on any atom is -0.459 e. The molecule has 16 nitrogen and oxygen atoms in total. The van der Waals surface area contributed by atoms with Crippen molar-refractivity contribution in [1.29, 1.82) is 0 Å². The highest BCUT2D eigenvalue weighted by Crippen LogP contribution is 2.48. The third kappa shape index (κ3) is 9.49. The number of alkyl carbamates (subject to hydrolysis) is 1. The largest absolute Gasteiger partial charge is 0.459 e. The Labute approximate surface area is 373 Å². The van der Waals surface area contributed by atoms with E-state index in [9.17, 15) is 27.6 Å². The molecule has 63 heavy (non-hydrogen) atoms. The average molecular weight is 908 g/mol. The highest BCUT2D eigenvalue weighted by Gasteiger charge is 2.63. The number of hydrogen-bond donors (Lipinski definition) is 3. The van der Waals surface area contributed by atoms with Crippen molar-refractivity contribution >= 4 is 56.2 Å². The molecule has 3 aliphatic heterocycles.